The largest absolute Gasteiger partial charge is 0.462 e. The zero-order valence-corrected chi connectivity index (χ0v) is 18.5. The van der Waals surface area contributed by atoms with Crippen LogP contribution in [0, 0.1) is 17.8 Å². The highest BCUT2D eigenvalue weighted by Crippen LogP contribution is 2.45. The van der Waals surface area contributed by atoms with Crippen molar-refractivity contribution in [2.45, 2.75) is 98.0 Å². The molecule has 0 aromatic heterocycles. The van der Waals surface area contributed by atoms with Gasteiger partial charge in [-0.25, -0.2) is 0 Å². The van der Waals surface area contributed by atoms with Crippen molar-refractivity contribution < 1.29 is 9.53 Å². The number of ether oxygens (including phenoxy) is 1. The second-order valence-corrected chi connectivity index (χ2v) is 15.4. The molecule has 4 atom stereocenters. The van der Waals surface area contributed by atoms with Crippen molar-refractivity contribution in [2.75, 3.05) is 0 Å². The Bertz CT molecular complexity index is 457. The van der Waals surface area contributed by atoms with E-state index in [4.69, 9.17) is 4.74 Å². The molecule has 0 amide bonds. The van der Waals surface area contributed by atoms with Gasteiger partial charge in [-0.2, -0.15) is 0 Å². The van der Waals surface area contributed by atoms with Gasteiger partial charge in [0.25, 0.3) is 0 Å². The van der Waals surface area contributed by atoms with E-state index in [2.05, 4.69) is 67.3 Å². The zero-order chi connectivity index (χ0) is 18.7. The normalized spacial score (nSPS) is 27.5. The highest BCUT2D eigenvalue weighted by molar-refractivity contribution is 6.82. The Labute approximate surface area is 151 Å². The van der Waals surface area contributed by atoms with Crippen LogP contribution in [0.5, 0.6) is 0 Å². The van der Waals surface area contributed by atoms with Crippen LogP contribution in [0.3, 0.4) is 0 Å². The highest BCUT2D eigenvalue weighted by atomic mass is 28.3. The van der Waals surface area contributed by atoms with E-state index >= 15 is 0 Å². The van der Waals surface area contributed by atoms with Crippen molar-refractivity contribution in [1.82, 2.24) is 0 Å². The molecule has 0 aliphatic heterocycles. The average Bonchev–Trinajstić information content (AvgIpc) is 2.42. The smallest absolute Gasteiger partial charge is 0.309 e. The van der Waals surface area contributed by atoms with Gasteiger partial charge < -0.3 is 4.74 Å². The molecule has 0 heterocycles. The summed E-state index contributed by atoms with van der Waals surface area (Å²) in [6, 6.07) is 0. The van der Waals surface area contributed by atoms with E-state index < -0.39 is 8.07 Å². The molecule has 1 rings (SSSR count). The lowest BCUT2D eigenvalue weighted by Gasteiger charge is -2.42. The van der Waals surface area contributed by atoms with Gasteiger partial charge in [-0.05, 0) is 50.9 Å². The number of allylic oxidation sites excluding steroid dienone is 2. The number of carbonyl (C=O) groups is 1. The lowest BCUT2D eigenvalue weighted by molar-refractivity contribution is -0.159. The monoisotopic (exact) mass is 352 g/mol. The van der Waals surface area contributed by atoms with Crippen molar-refractivity contribution in [2.24, 2.45) is 17.8 Å². The molecule has 140 valence electrons. The van der Waals surface area contributed by atoms with Crippen molar-refractivity contribution in [3.8, 4) is 0 Å². The second-order valence-electron chi connectivity index (χ2n) is 9.84. The summed E-state index contributed by atoms with van der Waals surface area (Å²) in [6.07, 6.45) is 6.60. The van der Waals surface area contributed by atoms with E-state index in [0.717, 1.165) is 12.8 Å². The van der Waals surface area contributed by atoms with E-state index in [1.165, 1.54) is 18.4 Å². The van der Waals surface area contributed by atoms with E-state index in [9.17, 15) is 4.79 Å². The first-order valence-electron chi connectivity index (χ1n) is 9.73. The average molecular weight is 353 g/mol. The fourth-order valence-corrected chi connectivity index (χ4v) is 5.01. The number of carbonyl (C=O) groups excluding carboxylic acids is 1. The highest BCUT2D eigenvalue weighted by Gasteiger charge is 2.47. The minimum Gasteiger partial charge on any atom is -0.462 e. The third kappa shape index (κ3) is 5.21. The Morgan fingerprint density at radius 3 is 2.29 bits per heavy atom. The molecule has 0 spiro atoms. The van der Waals surface area contributed by atoms with Gasteiger partial charge in [0.15, 0.2) is 0 Å². The van der Waals surface area contributed by atoms with E-state index in [-0.39, 0.29) is 17.1 Å². The molecule has 0 N–H and O–H groups in total. The standard InChI is InChI=1S/C21H40O2Si/c1-15(2)12-13-21(6,24(7,8)9)20(22)23-19-14-17(5)10-11-18(19)16(3)4/h12,16-19H,10-11,13-14H2,1-9H3/t17-,18+,19-,21-/m1/s1. The van der Waals surface area contributed by atoms with Gasteiger partial charge in [0.1, 0.15) is 6.10 Å². The SMILES string of the molecule is CC(C)=CC[C@](C)(C(=O)O[C@@H]1C[C@H](C)CC[C@H]1C(C)C)[Si](C)(C)C. The quantitative estimate of drug-likeness (QED) is 0.312. The van der Waals surface area contributed by atoms with E-state index in [1.54, 1.807) is 0 Å². The Morgan fingerprint density at radius 1 is 1.25 bits per heavy atom. The summed E-state index contributed by atoms with van der Waals surface area (Å²) in [5, 5.41) is -0.355. The van der Waals surface area contributed by atoms with Crippen LogP contribution < -0.4 is 0 Å². The van der Waals surface area contributed by atoms with Gasteiger partial charge in [-0.3, -0.25) is 4.79 Å². The lowest BCUT2D eigenvalue weighted by Crippen LogP contribution is -2.46. The van der Waals surface area contributed by atoms with Gasteiger partial charge in [0.2, 0.25) is 0 Å². The second kappa shape index (κ2) is 8.20. The van der Waals surface area contributed by atoms with Crippen LogP contribution in [0.2, 0.25) is 24.7 Å². The molecule has 1 aliphatic carbocycles. The molecule has 1 fully saturated rings. The molecule has 2 nitrogen and oxygen atoms in total. The van der Waals surface area contributed by atoms with Crippen molar-refractivity contribution in [1.29, 1.82) is 0 Å². The summed E-state index contributed by atoms with van der Waals surface area (Å²) >= 11 is 0. The Balaban J connectivity index is 2.99. The molecule has 24 heavy (non-hydrogen) atoms. The molecule has 0 radical (unpaired) electrons. The topological polar surface area (TPSA) is 26.3 Å². The van der Waals surface area contributed by atoms with Crippen molar-refractivity contribution in [3.05, 3.63) is 11.6 Å². The van der Waals surface area contributed by atoms with Gasteiger partial charge in [-0.15, -0.1) is 0 Å². The van der Waals surface area contributed by atoms with E-state index in [0.29, 0.717) is 17.8 Å². The number of esters is 1. The van der Waals surface area contributed by atoms with Crippen LogP contribution in [-0.4, -0.2) is 20.1 Å². The Hall–Kier alpha value is -0.573. The summed E-state index contributed by atoms with van der Waals surface area (Å²) in [4.78, 5) is 13.3. The molecule has 1 aliphatic rings. The summed E-state index contributed by atoms with van der Waals surface area (Å²) in [7, 11) is -1.71. The maximum atomic E-state index is 13.3. The molecule has 0 unspecified atom stereocenters. The maximum absolute atomic E-state index is 13.3. The van der Waals surface area contributed by atoms with Crippen LogP contribution in [0.15, 0.2) is 11.6 Å². The molecule has 0 aromatic rings. The summed E-state index contributed by atoms with van der Waals surface area (Å²) in [5.41, 5.74) is 1.28. The van der Waals surface area contributed by atoms with Gasteiger partial charge in [-0.1, -0.05) is 65.4 Å². The molecule has 0 saturated heterocycles. The third-order valence-corrected chi connectivity index (χ3v) is 9.96. The fourth-order valence-electron chi connectivity index (χ4n) is 3.62. The van der Waals surface area contributed by atoms with E-state index in [1.807, 2.05) is 0 Å². The molecular formula is C21H40O2Si. The zero-order valence-electron chi connectivity index (χ0n) is 17.5. The first-order chi connectivity index (χ1) is 10.9. The molecule has 1 saturated carbocycles. The van der Waals surface area contributed by atoms with Crippen LogP contribution >= 0.6 is 0 Å². The minimum atomic E-state index is -1.71. The van der Waals surface area contributed by atoms with Crippen LogP contribution in [-0.2, 0) is 9.53 Å². The molecular weight excluding hydrogens is 312 g/mol. The number of rotatable bonds is 6. The van der Waals surface area contributed by atoms with Crippen LogP contribution in [0.25, 0.3) is 0 Å². The first kappa shape index (κ1) is 21.5. The van der Waals surface area contributed by atoms with Crippen molar-refractivity contribution >= 4 is 14.0 Å². The first-order valence-corrected chi connectivity index (χ1v) is 13.2. The minimum absolute atomic E-state index is 0.0453. The predicted octanol–water partition coefficient (Wildman–Crippen LogP) is 6.45. The fraction of sp³-hybridized carbons (Fsp3) is 0.857. The Kier molecular flexibility index (Phi) is 7.34. The number of hydrogen-bond donors (Lipinski definition) is 0. The Morgan fingerprint density at radius 2 is 1.83 bits per heavy atom. The number of hydrogen-bond acceptors (Lipinski definition) is 2. The predicted molar refractivity (Wildman–Crippen MR) is 107 cm³/mol. The molecule has 0 aromatic carbocycles. The molecule has 0 bridgehead atoms. The van der Waals surface area contributed by atoms with Gasteiger partial charge in [0, 0.05) is 0 Å². The maximum Gasteiger partial charge on any atom is 0.309 e. The summed E-state index contributed by atoms with van der Waals surface area (Å²) in [5.74, 6) is 1.79. The summed E-state index contributed by atoms with van der Waals surface area (Å²) in [6.45, 7) is 20.0. The van der Waals surface area contributed by atoms with Crippen LogP contribution in [0.1, 0.15) is 67.2 Å². The summed E-state index contributed by atoms with van der Waals surface area (Å²) < 4.78 is 6.23. The lowest BCUT2D eigenvalue weighted by atomic mass is 9.75. The van der Waals surface area contributed by atoms with Gasteiger partial charge >= 0.3 is 5.97 Å². The van der Waals surface area contributed by atoms with Gasteiger partial charge in [0.05, 0.1) is 13.1 Å². The van der Waals surface area contributed by atoms with Crippen molar-refractivity contribution in [3.63, 3.8) is 0 Å². The third-order valence-electron chi connectivity index (χ3n) is 6.24. The molecule has 3 heteroatoms. The van der Waals surface area contributed by atoms with Crippen LogP contribution in [0.4, 0.5) is 0 Å².